The first kappa shape index (κ1) is 19.9. The van der Waals surface area contributed by atoms with E-state index < -0.39 is 29.8 Å². The lowest BCUT2D eigenvalue weighted by molar-refractivity contribution is -0.274. The van der Waals surface area contributed by atoms with Crippen LogP contribution in [0.3, 0.4) is 0 Å². The first-order valence-electron chi connectivity index (χ1n) is 7.17. The summed E-state index contributed by atoms with van der Waals surface area (Å²) in [5, 5.41) is 21.7. The van der Waals surface area contributed by atoms with Gasteiger partial charge < -0.3 is 24.5 Å². The Morgan fingerprint density at radius 3 is 2.44 bits per heavy atom. The van der Waals surface area contributed by atoms with E-state index in [1.54, 1.807) is 32.9 Å². The van der Waals surface area contributed by atoms with Crippen molar-refractivity contribution in [3.05, 3.63) is 24.4 Å². The van der Waals surface area contributed by atoms with Gasteiger partial charge in [-0.25, -0.2) is 19.6 Å². The van der Waals surface area contributed by atoms with Crippen LogP contribution in [0.2, 0.25) is 0 Å². The third-order valence-corrected chi connectivity index (χ3v) is 2.48. The number of carboxylic acid groups (broad SMARTS) is 1. The van der Waals surface area contributed by atoms with Gasteiger partial charge in [0, 0.05) is 12.7 Å². The van der Waals surface area contributed by atoms with Crippen LogP contribution in [0.4, 0.5) is 20.2 Å². The number of anilines is 1. The van der Waals surface area contributed by atoms with Crippen molar-refractivity contribution in [2.24, 2.45) is 4.99 Å². The van der Waals surface area contributed by atoms with Gasteiger partial charge in [-0.05, 0) is 45.2 Å². The van der Waals surface area contributed by atoms with Crippen LogP contribution in [-0.4, -0.2) is 41.4 Å². The minimum atomic E-state index is -2.12. The summed E-state index contributed by atoms with van der Waals surface area (Å²) in [5.74, 6) is -0.738. The fourth-order valence-electron chi connectivity index (χ4n) is 1.59. The summed E-state index contributed by atoms with van der Waals surface area (Å²) >= 11 is 0. The standard InChI is InChI=1S/C15H19N3O7/c1-15(2,3)25-13(21)18(10-6-4-5-8-16-10)9-7-11(19)17-12(20)24-14(22)23/h4-6,8H,7,9H2,1-3H3,(H,22,23)(H,17,19,20)/p-2. The highest BCUT2D eigenvalue weighted by atomic mass is 16.7. The molecular formula is C15H17N3O7-2. The molecule has 0 radical (unpaired) electrons. The van der Waals surface area contributed by atoms with Crippen LogP contribution >= 0.6 is 0 Å². The lowest BCUT2D eigenvalue weighted by Gasteiger charge is -2.27. The average Bonchev–Trinajstić information content (AvgIpc) is 2.45. The molecule has 1 rings (SSSR count). The molecule has 0 saturated carbocycles. The molecule has 1 aromatic heterocycles. The molecule has 0 unspecified atom stereocenters. The van der Waals surface area contributed by atoms with Gasteiger partial charge in [0.25, 0.3) is 6.16 Å². The second kappa shape index (κ2) is 8.62. The van der Waals surface area contributed by atoms with Gasteiger partial charge in [-0.15, -0.1) is 0 Å². The van der Waals surface area contributed by atoms with E-state index in [2.05, 4.69) is 14.7 Å². The number of carbonyl (C=O) groups is 3. The zero-order valence-corrected chi connectivity index (χ0v) is 13.9. The first-order valence-corrected chi connectivity index (χ1v) is 7.17. The maximum atomic E-state index is 12.3. The van der Waals surface area contributed by atoms with E-state index in [9.17, 15) is 24.6 Å². The van der Waals surface area contributed by atoms with Crippen molar-refractivity contribution >= 4 is 30.1 Å². The second-order valence-electron chi connectivity index (χ2n) is 5.69. The predicted molar refractivity (Wildman–Crippen MR) is 81.7 cm³/mol. The Labute approximate surface area is 143 Å². The van der Waals surface area contributed by atoms with E-state index in [0.29, 0.717) is 0 Å². The van der Waals surface area contributed by atoms with Gasteiger partial charge in [0.05, 0.1) is 0 Å². The average molecular weight is 351 g/mol. The van der Waals surface area contributed by atoms with Gasteiger partial charge in [0.15, 0.2) is 0 Å². The Hall–Kier alpha value is -3.17. The predicted octanol–water partition coefficient (Wildman–Crippen LogP) is 0.452. The molecule has 10 nitrogen and oxygen atoms in total. The van der Waals surface area contributed by atoms with Gasteiger partial charge in [0.2, 0.25) is 0 Å². The number of hydrogen-bond donors (Lipinski definition) is 0. The van der Waals surface area contributed by atoms with Crippen molar-refractivity contribution in [3.63, 3.8) is 0 Å². The molecule has 2 amide bonds. The normalized spacial score (nSPS) is 11.6. The SMILES string of the molecule is CC(C)(C)OC(=O)N(CC/C([O-])=N\C(=O)OC(=O)[O-])c1ccccn1. The first-order chi connectivity index (χ1) is 11.6. The maximum Gasteiger partial charge on any atom is 0.416 e. The number of pyridine rings is 1. The van der Waals surface area contributed by atoms with Gasteiger partial charge in [-0.1, -0.05) is 6.07 Å². The number of rotatable bonds is 4. The third-order valence-electron chi connectivity index (χ3n) is 2.48. The topological polar surface area (TPSA) is 144 Å². The van der Waals surface area contributed by atoms with Crippen LogP contribution in [0.1, 0.15) is 27.2 Å². The van der Waals surface area contributed by atoms with Gasteiger partial charge >= 0.3 is 12.2 Å². The Kier molecular flexibility index (Phi) is 6.85. The van der Waals surface area contributed by atoms with Crippen molar-refractivity contribution in [2.75, 3.05) is 11.4 Å². The van der Waals surface area contributed by atoms with E-state index in [1.165, 1.54) is 12.3 Å². The van der Waals surface area contributed by atoms with Crippen LogP contribution in [-0.2, 0) is 9.47 Å². The molecule has 25 heavy (non-hydrogen) atoms. The number of nitrogens with zero attached hydrogens (tertiary/aromatic N) is 3. The smallest absolute Gasteiger partial charge is 0.416 e. The van der Waals surface area contributed by atoms with E-state index in [4.69, 9.17) is 4.74 Å². The monoisotopic (exact) mass is 351 g/mol. The van der Waals surface area contributed by atoms with Gasteiger partial charge in [0.1, 0.15) is 11.4 Å². The largest absolute Gasteiger partial charge is 0.862 e. The van der Waals surface area contributed by atoms with Crippen molar-refractivity contribution in [1.29, 1.82) is 0 Å². The lowest BCUT2D eigenvalue weighted by Crippen LogP contribution is -2.39. The highest BCUT2D eigenvalue weighted by Crippen LogP contribution is 2.16. The summed E-state index contributed by atoms with van der Waals surface area (Å²) in [6, 6.07) is 4.83. The number of ether oxygens (including phenoxy) is 2. The quantitative estimate of drug-likeness (QED) is 0.329. The Bertz CT molecular complexity index is 653. The number of aliphatic imine (C=N–C) groups is 1. The highest BCUT2D eigenvalue weighted by Gasteiger charge is 2.23. The molecule has 0 bridgehead atoms. The summed E-state index contributed by atoms with van der Waals surface area (Å²) in [5.41, 5.74) is -0.767. The number of amides is 2. The molecule has 1 aromatic rings. The van der Waals surface area contributed by atoms with E-state index >= 15 is 0 Å². The summed E-state index contributed by atoms with van der Waals surface area (Å²) < 4.78 is 8.83. The van der Waals surface area contributed by atoms with Crippen molar-refractivity contribution < 1.29 is 34.1 Å². The fraction of sp³-hybridized carbons (Fsp3) is 0.400. The van der Waals surface area contributed by atoms with Crippen LogP contribution in [0.25, 0.3) is 0 Å². The Morgan fingerprint density at radius 1 is 1.24 bits per heavy atom. The molecule has 10 heteroatoms. The molecule has 136 valence electrons. The van der Waals surface area contributed by atoms with Gasteiger partial charge in [-0.3, -0.25) is 4.90 Å². The van der Waals surface area contributed by atoms with Gasteiger partial charge in [-0.2, -0.15) is 0 Å². The van der Waals surface area contributed by atoms with E-state index in [-0.39, 0.29) is 18.8 Å². The fourth-order valence-corrected chi connectivity index (χ4v) is 1.59. The van der Waals surface area contributed by atoms with Crippen molar-refractivity contribution in [2.45, 2.75) is 32.8 Å². The molecule has 0 aliphatic rings. The molecular weight excluding hydrogens is 334 g/mol. The van der Waals surface area contributed by atoms with Crippen molar-refractivity contribution in [1.82, 2.24) is 4.98 Å². The van der Waals surface area contributed by atoms with Crippen LogP contribution in [0.5, 0.6) is 0 Å². The zero-order chi connectivity index (χ0) is 19.0. The lowest BCUT2D eigenvalue weighted by atomic mass is 10.2. The van der Waals surface area contributed by atoms with E-state index in [0.717, 1.165) is 4.90 Å². The zero-order valence-electron chi connectivity index (χ0n) is 13.9. The van der Waals surface area contributed by atoms with E-state index in [1.807, 2.05) is 0 Å². The minimum Gasteiger partial charge on any atom is -0.862 e. The molecule has 0 aliphatic carbocycles. The summed E-state index contributed by atoms with van der Waals surface area (Å²) in [6.07, 6.45) is -3.39. The summed E-state index contributed by atoms with van der Waals surface area (Å²) in [4.78, 5) is 41.3. The summed E-state index contributed by atoms with van der Waals surface area (Å²) in [6.45, 7) is 4.85. The molecule has 0 atom stereocenters. The van der Waals surface area contributed by atoms with Crippen molar-refractivity contribution in [3.8, 4) is 0 Å². The molecule has 1 heterocycles. The highest BCUT2D eigenvalue weighted by molar-refractivity contribution is 5.91. The van der Waals surface area contributed by atoms with Crippen LogP contribution < -0.4 is 15.1 Å². The maximum absolute atomic E-state index is 12.3. The minimum absolute atomic E-state index is 0.188. The molecule has 0 aliphatic heterocycles. The number of carbonyl (C=O) groups excluding carboxylic acids is 3. The molecule has 0 saturated heterocycles. The van der Waals surface area contributed by atoms with Crippen LogP contribution in [0.15, 0.2) is 29.4 Å². The Morgan fingerprint density at radius 2 is 1.92 bits per heavy atom. The molecule has 0 spiro atoms. The number of hydrogen-bond acceptors (Lipinski definition) is 8. The number of aromatic nitrogens is 1. The molecule has 0 aromatic carbocycles. The molecule has 0 N–H and O–H groups in total. The third kappa shape index (κ3) is 7.77. The second-order valence-corrected chi connectivity index (χ2v) is 5.69. The van der Waals surface area contributed by atoms with Crippen LogP contribution in [0, 0.1) is 0 Å². The Balaban J connectivity index is 2.84. The summed E-state index contributed by atoms with van der Waals surface area (Å²) in [7, 11) is 0. The molecule has 0 fully saturated rings.